The molecule has 0 amide bonds. The van der Waals surface area contributed by atoms with Crippen molar-refractivity contribution in [3.63, 3.8) is 0 Å². The Hall–Kier alpha value is -1.10. The number of H-pyrrole nitrogens is 1. The molecule has 1 aromatic heterocycles. The topological polar surface area (TPSA) is 70.8 Å². The lowest BCUT2D eigenvalue weighted by atomic mass is 9.99. The Labute approximate surface area is 109 Å². The van der Waals surface area contributed by atoms with E-state index in [1.165, 1.54) is 19.3 Å². The van der Waals surface area contributed by atoms with Gasteiger partial charge in [-0.3, -0.25) is 5.10 Å². The van der Waals surface area contributed by atoms with Crippen molar-refractivity contribution in [1.82, 2.24) is 15.2 Å². The van der Waals surface area contributed by atoms with Crippen LogP contribution in [0, 0.1) is 0 Å². The Morgan fingerprint density at radius 2 is 2.33 bits per heavy atom. The second-order valence-electron chi connectivity index (χ2n) is 5.26. The zero-order chi connectivity index (χ0) is 13.0. The summed E-state index contributed by atoms with van der Waals surface area (Å²) in [4.78, 5) is 6.83. The Morgan fingerprint density at radius 3 is 2.94 bits per heavy atom. The molecular formula is C13H25N5. The van der Waals surface area contributed by atoms with E-state index >= 15 is 0 Å². The van der Waals surface area contributed by atoms with E-state index in [1.807, 2.05) is 0 Å². The van der Waals surface area contributed by atoms with Gasteiger partial charge < -0.3 is 10.6 Å². The summed E-state index contributed by atoms with van der Waals surface area (Å²) >= 11 is 0. The summed E-state index contributed by atoms with van der Waals surface area (Å²) in [6.45, 7) is 6.30. The molecule has 1 aromatic rings. The summed E-state index contributed by atoms with van der Waals surface area (Å²) in [5.41, 5.74) is 5.91. The number of hydrogen-bond acceptors (Lipinski definition) is 4. The lowest BCUT2D eigenvalue weighted by Gasteiger charge is -2.13. The molecule has 2 atom stereocenters. The molecule has 0 spiro atoms. The molecule has 2 unspecified atom stereocenters. The van der Waals surface area contributed by atoms with Gasteiger partial charge in [-0.25, -0.2) is 0 Å². The van der Waals surface area contributed by atoms with Gasteiger partial charge >= 0.3 is 0 Å². The van der Waals surface area contributed by atoms with Crippen molar-refractivity contribution in [2.24, 2.45) is 5.73 Å². The number of aromatic nitrogens is 3. The lowest BCUT2D eigenvalue weighted by Crippen LogP contribution is -2.27. The number of nitrogens with one attached hydrogen (secondary N) is 1. The van der Waals surface area contributed by atoms with E-state index in [9.17, 15) is 0 Å². The maximum atomic E-state index is 5.91. The highest BCUT2D eigenvalue weighted by atomic mass is 15.4. The Morgan fingerprint density at radius 1 is 1.50 bits per heavy atom. The van der Waals surface area contributed by atoms with Crippen molar-refractivity contribution in [1.29, 1.82) is 0 Å². The molecule has 102 valence electrons. The summed E-state index contributed by atoms with van der Waals surface area (Å²) in [6, 6.07) is 0.272. The van der Waals surface area contributed by atoms with Crippen LogP contribution in [0.3, 0.4) is 0 Å². The predicted molar refractivity (Wildman–Crippen MR) is 73.7 cm³/mol. The minimum absolute atomic E-state index is 0.272. The quantitative estimate of drug-likeness (QED) is 0.811. The zero-order valence-electron chi connectivity index (χ0n) is 11.5. The molecule has 1 saturated heterocycles. The summed E-state index contributed by atoms with van der Waals surface area (Å²) < 4.78 is 0. The molecule has 3 N–H and O–H groups in total. The van der Waals surface area contributed by atoms with Gasteiger partial charge in [0.15, 0.2) is 0 Å². The molecule has 0 radical (unpaired) electrons. The monoisotopic (exact) mass is 251 g/mol. The summed E-state index contributed by atoms with van der Waals surface area (Å²) in [6.07, 6.45) is 5.84. The highest BCUT2D eigenvalue weighted by Crippen LogP contribution is 2.24. The molecule has 1 aliphatic heterocycles. The van der Waals surface area contributed by atoms with E-state index < -0.39 is 0 Å². The summed E-state index contributed by atoms with van der Waals surface area (Å²) in [7, 11) is 0. The van der Waals surface area contributed by atoms with Gasteiger partial charge in [0.2, 0.25) is 5.95 Å². The van der Waals surface area contributed by atoms with Crippen molar-refractivity contribution in [2.45, 2.75) is 57.9 Å². The molecule has 18 heavy (non-hydrogen) atoms. The molecule has 1 aliphatic rings. The maximum absolute atomic E-state index is 5.91. The number of nitrogens with two attached hydrogens (primary N) is 1. The summed E-state index contributed by atoms with van der Waals surface area (Å²) in [5.74, 6) is 2.39. The van der Waals surface area contributed by atoms with E-state index in [0.717, 1.165) is 37.7 Å². The van der Waals surface area contributed by atoms with E-state index in [1.54, 1.807) is 0 Å². The molecule has 5 nitrogen and oxygen atoms in total. The fourth-order valence-electron chi connectivity index (χ4n) is 2.54. The molecule has 0 bridgehead atoms. The van der Waals surface area contributed by atoms with E-state index in [0.29, 0.717) is 5.92 Å². The van der Waals surface area contributed by atoms with Crippen molar-refractivity contribution >= 4 is 5.95 Å². The first-order valence-corrected chi connectivity index (χ1v) is 7.17. The van der Waals surface area contributed by atoms with Gasteiger partial charge in [-0.1, -0.05) is 26.7 Å². The molecule has 2 rings (SSSR count). The summed E-state index contributed by atoms with van der Waals surface area (Å²) in [5, 5.41) is 7.46. The number of anilines is 1. The van der Waals surface area contributed by atoms with Gasteiger partial charge in [0, 0.05) is 25.0 Å². The van der Waals surface area contributed by atoms with Crippen molar-refractivity contribution in [3.8, 4) is 0 Å². The molecule has 5 heteroatoms. The van der Waals surface area contributed by atoms with E-state index in [4.69, 9.17) is 5.73 Å². The van der Waals surface area contributed by atoms with Crippen molar-refractivity contribution in [3.05, 3.63) is 5.82 Å². The third kappa shape index (κ3) is 3.02. The number of nitrogens with zero attached hydrogens (tertiary/aromatic N) is 3. The zero-order valence-corrected chi connectivity index (χ0v) is 11.5. The van der Waals surface area contributed by atoms with Gasteiger partial charge in [-0.2, -0.15) is 4.98 Å². The van der Waals surface area contributed by atoms with Crippen LogP contribution in [0.25, 0.3) is 0 Å². The van der Waals surface area contributed by atoms with Crippen molar-refractivity contribution < 1.29 is 0 Å². The smallest absolute Gasteiger partial charge is 0.244 e. The molecule has 0 aromatic carbocycles. The maximum Gasteiger partial charge on any atom is 0.244 e. The fourth-order valence-corrected chi connectivity index (χ4v) is 2.54. The molecule has 0 saturated carbocycles. The number of aromatic amines is 1. The van der Waals surface area contributed by atoms with Gasteiger partial charge in [0.25, 0.3) is 0 Å². The first kappa shape index (κ1) is 13.3. The average molecular weight is 251 g/mol. The molecule has 0 aliphatic carbocycles. The van der Waals surface area contributed by atoms with Crippen LogP contribution in [0.1, 0.15) is 57.7 Å². The third-order valence-corrected chi connectivity index (χ3v) is 3.78. The van der Waals surface area contributed by atoms with Gasteiger partial charge in [0.05, 0.1) is 0 Å². The average Bonchev–Trinajstić information content (AvgIpc) is 2.99. The SMILES string of the molecule is CCCCC(CC)c1nc(N2CCC(N)C2)n[nH]1. The third-order valence-electron chi connectivity index (χ3n) is 3.78. The minimum atomic E-state index is 0.272. The lowest BCUT2D eigenvalue weighted by molar-refractivity contribution is 0.545. The molecule has 2 heterocycles. The predicted octanol–water partition coefficient (Wildman–Crippen LogP) is 2.03. The van der Waals surface area contributed by atoms with Crippen LogP contribution in [0.5, 0.6) is 0 Å². The van der Waals surface area contributed by atoms with Crippen LogP contribution in [-0.4, -0.2) is 34.3 Å². The van der Waals surface area contributed by atoms with Gasteiger partial charge in [-0.15, -0.1) is 5.10 Å². The molecular weight excluding hydrogens is 226 g/mol. The van der Waals surface area contributed by atoms with Gasteiger partial charge in [-0.05, 0) is 19.3 Å². The number of hydrogen-bond donors (Lipinski definition) is 2. The van der Waals surface area contributed by atoms with E-state index in [2.05, 4.69) is 33.9 Å². The second-order valence-corrected chi connectivity index (χ2v) is 5.26. The Balaban J connectivity index is 1.99. The highest BCUT2D eigenvalue weighted by Gasteiger charge is 2.23. The minimum Gasteiger partial charge on any atom is -0.338 e. The van der Waals surface area contributed by atoms with Crippen LogP contribution < -0.4 is 10.6 Å². The first-order chi connectivity index (χ1) is 8.74. The van der Waals surface area contributed by atoms with Crippen molar-refractivity contribution in [2.75, 3.05) is 18.0 Å². The van der Waals surface area contributed by atoms with E-state index in [-0.39, 0.29) is 6.04 Å². The Bertz CT molecular complexity index is 362. The first-order valence-electron chi connectivity index (χ1n) is 7.17. The highest BCUT2D eigenvalue weighted by molar-refractivity contribution is 5.31. The number of rotatable bonds is 6. The normalized spacial score (nSPS) is 21.5. The van der Waals surface area contributed by atoms with Crippen LogP contribution >= 0.6 is 0 Å². The fraction of sp³-hybridized carbons (Fsp3) is 0.846. The van der Waals surface area contributed by atoms with Gasteiger partial charge in [0.1, 0.15) is 5.82 Å². The molecule has 1 fully saturated rings. The van der Waals surface area contributed by atoms with Crippen LogP contribution in [-0.2, 0) is 0 Å². The Kier molecular flexibility index (Phi) is 4.58. The van der Waals surface area contributed by atoms with Crippen LogP contribution in [0.2, 0.25) is 0 Å². The second kappa shape index (κ2) is 6.18. The number of unbranched alkanes of at least 4 members (excludes halogenated alkanes) is 1. The largest absolute Gasteiger partial charge is 0.338 e. The van der Waals surface area contributed by atoms with Crippen LogP contribution in [0.15, 0.2) is 0 Å². The van der Waals surface area contributed by atoms with Crippen LogP contribution in [0.4, 0.5) is 5.95 Å². The standard InChI is InChI=1S/C13H25N5/c1-3-5-6-10(4-2)12-15-13(17-16-12)18-8-7-11(14)9-18/h10-11H,3-9,14H2,1-2H3,(H,15,16,17).